The molecule has 0 saturated carbocycles. The monoisotopic (exact) mass is 299 g/mol. The number of hydrogen-bond donors (Lipinski definition) is 2. The van der Waals surface area contributed by atoms with Crippen LogP contribution in [-0.2, 0) is 14.6 Å². The Bertz CT molecular complexity index is 553. The number of hydrogen-bond acceptors (Lipinski definition) is 5. The van der Waals surface area contributed by atoms with Crippen LogP contribution in [0.4, 0.5) is 5.69 Å². The molecule has 0 radical (unpaired) electrons. The summed E-state index contributed by atoms with van der Waals surface area (Å²) in [6.45, 7) is 4.33. The van der Waals surface area contributed by atoms with Crippen LogP contribution in [0.25, 0.3) is 0 Å². The average molecular weight is 299 g/mol. The molecule has 1 unspecified atom stereocenters. The van der Waals surface area contributed by atoms with E-state index in [2.05, 4.69) is 10.3 Å². The van der Waals surface area contributed by atoms with Gasteiger partial charge in [0, 0.05) is 12.8 Å². The predicted molar refractivity (Wildman–Crippen MR) is 78.0 cm³/mol. The van der Waals surface area contributed by atoms with E-state index in [1.54, 1.807) is 0 Å². The molecule has 1 aromatic rings. The molecule has 0 bridgehead atoms. The Balaban J connectivity index is 2.75. The van der Waals surface area contributed by atoms with E-state index in [4.69, 9.17) is 5.73 Å². The lowest BCUT2D eigenvalue weighted by atomic mass is 9.96. The minimum Gasteiger partial charge on any atom is -0.330 e. The molecule has 0 spiro atoms. The molecule has 0 aromatic carbocycles. The van der Waals surface area contributed by atoms with Gasteiger partial charge in [0.05, 0.1) is 17.8 Å². The number of rotatable bonds is 6. The van der Waals surface area contributed by atoms with Crippen molar-refractivity contribution in [2.24, 2.45) is 17.6 Å². The number of carbonyl (C=O) groups is 1. The third-order valence-corrected chi connectivity index (χ3v) is 3.80. The number of nitrogens with zero attached hydrogens (tertiary/aromatic N) is 1. The molecule has 3 N–H and O–H groups in total. The minimum atomic E-state index is -3.33. The molecule has 1 aromatic heterocycles. The Morgan fingerprint density at radius 1 is 1.40 bits per heavy atom. The lowest BCUT2D eigenvalue weighted by molar-refractivity contribution is -0.120. The Labute approximate surface area is 119 Å². The van der Waals surface area contributed by atoms with E-state index < -0.39 is 9.84 Å². The Morgan fingerprint density at radius 2 is 2.05 bits per heavy atom. The van der Waals surface area contributed by atoms with Gasteiger partial charge in [-0.1, -0.05) is 13.8 Å². The zero-order valence-corrected chi connectivity index (χ0v) is 12.8. The van der Waals surface area contributed by atoms with Gasteiger partial charge in [-0.3, -0.25) is 4.79 Å². The molecule has 0 fully saturated rings. The van der Waals surface area contributed by atoms with Gasteiger partial charge in [0.25, 0.3) is 0 Å². The topological polar surface area (TPSA) is 102 Å². The molecule has 7 heteroatoms. The van der Waals surface area contributed by atoms with Crippen molar-refractivity contribution in [3.8, 4) is 0 Å². The van der Waals surface area contributed by atoms with Crippen LogP contribution < -0.4 is 11.1 Å². The molecular formula is C13H21N3O3S. The van der Waals surface area contributed by atoms with Gasteiger partial charge in [-0.25, -0.2) is 13.4 Å². The average Bonchev–Trinajstić information content (AvgIpc) is 2.35. The molecule has 20 heavy (non-hydrogen) atoms. The summed E-state index contributed by atoms with van der Waals surface area (Å²) in [6, 6.07) is 2.88. The maximum absolute atomic E-state index is 12.0. The van der Waals surface area contributed by atoms with Crippen LogP contribution >= 0.6 is 0 Å². The highest BCUT2D eigenvalue weighted by atomic mass is 32.2. The fourth-order valence-corrected chi connectivity index (χ4v) is 2.36. The Kier molecular flexibility index (Phi) is 5.64. The maximum Gasteiger partial charge on any atom is 0.228 e. The first-order valence-electron chi connectivity index (χ1n) is 6.41. The fraction of sp³-hybridized carbons (Fsp3) is 0.538. The summed E-state index contributed by atoms with van der Waals surface area (Å²) in [7, 11) is -3.33. The quantitative estimate of drug-likeness (QED) is 0.817. The second-order valence-electron chi connectivity index (χ2n) is 5.21. The van der Waals surface area contributed by atoms with Crippen molar-refractivity contribution in [1.29, 1.82) is 0 Å². The normalized spacial score (nSPS) is 13.2. The van der Waals surface area contributed by atoms with E-state index in [1.165, 1.54) is 18.3 Å². The van der Waals surface area contributed by atoms with Crippen LogP contribution in [0, 0.1) is 11.8 Å². The first kappa shape index (κ1) is 16.6. The minimum absolute atomic E-state index is 0.0203. The summed E-state index contributed by atoms with van der Waals surface area (Å²) in [5.74, 6) is -0.0558. The molecule has 1 heterocycles. The molecular weight excluding hydrogens is 278 g/mol. The van der Waals surface area contributed by atoms with Crippen LogP contribution in [0.5, 0.6) is 0 Å². The number of sulfone groups is 1. The highest BCUT2D eigenvalue weighted by Crippen LogP contribution is 2.15. The summed E-state index contributed by atoms with van der Waals surface area (Å²) in [5.41, 5.74) is 6.06. The number of nitrogens with two attached hydrogens (primary N) is 1. The van der Waals surface area contributed by atoms with Crippen molar-refractivity contribution in [3.05, 3.63) is 18.3 Å². The van der Waals surface area contributed by atoms with E-state index in [0.717, 1.165) is 6.26 Å². The van der Waals surface area contributed by atoms with Gasteiger partial charge in [-0.2, -0.15) is 0 Å². The smallest absolute Gasteiger partial charge is 0.228 e. The van der Waals surface area contributed by atoms with E-state index in [1.807, 2.05) is 13.8 Å². The number of carbonyl (C=O) groups excluding carboxylic acids is 1. The van der Waals surface area contributed by atoms with E-state index in [9.17, 15) is 13.2 Å². The summed E-state index contributed by atoms with van der Waals surface area (Å²) in [5, 5.41) is 2.68. The zero-order chi connectivity index (χ0) is 15.3. The number of pyridine rings is 1. The van der Waals surface area contributed by atoms with Gasteiger partial charge < -0.3 is 11.1 Å². The van der Waals surface area contributed by atoms with Crippen molar-refractivity contribution in [1.82, 2.24) is 4.98 Å². The number of nitrogens with one attached hydrogen (secondary N) is 1. The molecule has 0 aliphatic rings. The summed E-state index contributed by atoms with van der Waals surface area (Å²) >= 11 is 0. The lowest BCUT2D eigenvalue weighted by Gasteiger charge is -2.16. The van der Waals surface area contributed by atoms with E-state index >= 15 is 0 Å². The first-order chi connectivity index (χ1) is 9.24. The van der Waals surface area contributed by atoms with Crippen molar-refractivity contribution in [3.63, 3.8) is 0 Å². The van der Waals surface area contributed by atoms with Crippen molar-refractivity contribution in [2.45, 2.75) is 25.3 Å². The highest BCUT2D eigenvalue weighted by molar-refractivity contribution is 7.90. The summed E-state index contributed by atoms with van der Waals surface area (Å²) < 4.78 is 22.6. The van der Waals surface area contributed by atoms with Gasteiger partial charge in [0.1, 0.15) is 0 Å². The van der Waals surface area contributed by atoms with Crippen molar-refractivity contribution in [2.75, 3.05) is 18.1 Å². The molecule has 6 nitrogen and oxygen atoms in total. The molecule has 0 aliphatic heterocycles. The van der Waals surface area contributed by atoms with E-state index in [-0.39, 0.29) is 23.4 Å². The van der Waals surface area contributed by atoms with Crippen molar-refractivity contribution < 1.29 is 13.2 Å². The number of aromatic nitrogens is 1. The second kappa shape index (κ2) is 6.81. The van der Waals surface area contributed by atoms with Crippen LogP contribution in [0.3, 0.4) is 0 Å². The molecule has 1 atom stereocenters. The largest absolute Gasteiger partial charge is 0.330 e. The highest BCUT2D eigenvalue weighted by Gasteiger charge is 2.18. The van der Waals surface area contributed by atoms with Gasteiger partial charge in [0.2, 0.25) is 5.91 Å². The van der Waals surface area contributed by atoms with Crippen LogP contribution in [0.15, 0.2) is 23.4 Å². The standard InChI is InChI=1S/C13H21N3O3S/c1-9(2)6-10(7-14)13(17)16-11-4-5-12(15-8-11)20(3,18)19/h4-5,8-10H,6-7,14H2,1-3H3,(H,16,17). The number of amides is 1. The molecule has 1 rings (SSSR count). The van der Waals surface area contributed by atoms with Crippen LogP contribution in [0.2, 0.25) is 0 Å². The Hall–Kier alpha value is -1.47. The van der Waals surface area contributed by atoms with Gasteiger partial charge in [0.15, 0.2) is 14.9 Å². The van der Waals surface area contributed by atoms with Crippen LogP contribution in [-0.4, -0.2) is 32.1 Å². The third-order valence-electron chi connectivity index (χ3n) is 2.80. The molecule has 1 amide bonds. The number of anilines is 1. The van der Waals surface area contributed by atoms with E-state index in [0.29, 0.717) is 18.0 Å². The van der Waals surface area contributed by atoms with Crippen molar-refractivity contribution >= 4 is 21.4 Å². The second-order valence-corrected chi connectivity index (χ2v) is 7.17. The molecule has 0 saturated heterocycles. The van der Waals surface area contributed by atoms with Gasteiger partial charge in [-0.15, -0.1) is 0 Å². The SMILES string of the molecule is CC(C)CC(CN)C(=O)Nc1ccc(S(C)(=O)=O)nc1. The third kappa shape index (κ3) is 4.90. The van der Waals surface area contributed by atoms with Gasteiger partial charge >= 0.3 is 0 Å². The fourth-order valence-electron chi connectivity index (χ4n) is 1.80. The molecule has 112 valence electrons. The first-order valence-corrected chi connectivity index (χ1v) is 8.30. The predicted octanol–water partition coefficient (Wildman–Crippen LogP) is 1.04. The zero-order valence-electron chi connectivity index (χ0n) is 12.0. The summed E-state index contributed by atoms with van der Waals surface area (Å²) in [6.07, 6.45) is 3.12. The summed E-state index contributed by atoms with van der Waals surface area (Å²) in [4.78, 5) is 15.8. The Morgan fingerprint density at radius 3 is 2.45 bits per heavy atom. The molecule has 0 aliphatic carbocycles. The lowest BCUT2D eigenvalue weighted by Crippen LogP contribution is -2.30. The van der Waals surface area contributed by atoms with Crippen LogP contribution in [0.1, 0.15) is 20.3 Å². The van der Waals surface area contributed by atoms with Gasteiger partial charge in [-0.05, 0) is 24.5 Å². The maximum atomic E-state index is 12.0.